The van der Waals surface area contributed by atoms with Crippen molar-refractivity contribution >= 4 is 28.9 Å². The molecule has 0 spiro atoms. The summed E-state index contributed by atoms with van der Waals surface area (Å²) in [6.07, 6.45) is 0. The summed E-state index contributed by atoms with van der Waals surface area (Å²) in [7, 11) is 0. The molecule has 0 bridgehead atoms. The van der Waals surface area contributed by atoms with E-state index in [0.717, 1.165) is 11.5 Å². The van der Waals surface area contributed by atoms with Crippen LogP contribution in [0.5, 0.6) is 0 Å². The molecule has 2 aromatic rings. The first-order chi connectivity index (χ1) is 6.77. The van der Waals surface area contributed by atoms with Crippen molar-refractivity contribution in [3.8, 4) is 0 Å². The number of carbonyl (C=O) groups is 1. The zero-order valence-corrected chi connectivity index (χ0v) is 8.55. The maximum absolute atomic E-state index is 11.7. The number of aromatic nitrogens is 2. The fourth-order valence-electron chi connectivity index (χ4n) is 1.04. The number of ketones is 1. The highest BCUT2D eigenvalue weighted by molar-refractivity contribution is 7.03. The highest BCUT2D eigenvalue weighted by atomic mass is 35.5. The Morgan fingerprint density at radius 3 is 2.93 bits per heavy atom. The average molecular weight is 225 g/mol. The summed E-state index contributed by atoms with van der Waals surface area (Å²) in [5, 5.41) is 5.85. The van der Waals surface area contributed by atoms with Gasteiger partial charge in [0.15, 0.2) is 0 Å². The standard InChI is InChI=1S/C9H5ClN2OS/c10-7-3-1-2-6(4-7)9(13)8-5-14-12-11-8/h1-5H. The Labute approximate surface area is 89.5 Å². The monoisotopic (exact) mass is 224 g/mol. The van der Waals surface area contributed by atoms with Gasteiger partial charge in [-0.05, 0) is 23.7 Å². The van der Waals surface area contributed by atoms with Gasteiger partial charge in [-0.1, -0.05) is 28.2 Å². The van der Waals surface area contributed by atoms with E-state index in [1.54, 1.807) is 29.6 Å². The quantitative estimate of drug-likeness (QED) is 0.736. The lowest BCUT2D eigenvalue weighted by molar-refractivity contribution is 0.103. The lowest BCUT2D eigenvalue weighted by atomic mass is 10.1. The molecule has 0 aliphatic heterocycles. The first-order valence-electron chi connectivity index (χ1n) is 3.85. The van der Waals surface area contributed by atoms with E-state index in [9.17, 15) is 4.79 Å². The number of benzene rings is 1. The molecule has 1 aromatic heterocycles. The van der Waals surface area contributed by atoms with E-state index in [0.29, 0.717) is 16.3 Å². The molecule has 1 heterocycles. The van der Waals surface area contributed by atoms with Crippen molar-refractivity contribution in [2.24, 2.45) is 0 Å². The van der Waals surface area contributed by atoms with E-state index in [4.69, 9.17) is 11.6 Å². The second kappa shape index (κ2) is 3.86. The summed E-state index contributed by atoms with van der Waals surface area (Å²) in [6, 6.07) is 6.77. The van der Waals surface area contributed by atoms with E-state index in [1.165, 1.54) is 0 Å². The van der Waals surface area contributed by atoms with Crippen molar-refractivity contribution < 1.29 is 4.79 Å². The predicted octanol–water partition coefficient (Wildman–Crippen LogP) is 2.42. The maximum atomic E-state index is 11.7. The first kappa shape index (κ1) is 9.30. The van der Waals surface area contributed by atoms with Gasteiger partial charge in [0.2, 0.25) is 5.78 Å². The first-order valence-corrected chi connectivity index (χ1v) is 5.06. The lowest BCUT2D eigenvalue weighted by Crippen LogP contribution is -2.01. The van der Waals surface area contributed by atoms with Crippen molar-refractivity contribution in [2.75, 3.05) is 0 Å². The molecule has 0 aliphatic carbocycles. The number of nitrogens with zero attached hydrogens (tertiary/aromatic N) is 2. The fourth-order valence-corrected chi connectivity index (χ4v) is 1.67. The minimum absolute atomic E-state index is 0.152. The van der Waals surface area contributed by atoms with Crippen LogP contribution in [0.2, 0.25) is 5.02 Å². The Kier molecular flexibility index (Phi) is 2.56. The van der Waals surface area contributed by atoms with Crippen LogP contribution in [-0.4, -0.2) is 15.4 Å². The summed E-state index contributed by atoms with van der Waals surface area (Å²) in [5.74, 6) is -0.152. The van der Waals surface area contributed by atoms with Gasteiger partial charge < -0.3 is 0 Å². The van der Waals surface area contributed by atoms with Gasteiger partial charge in [-0.15, -0.1) is 5.10 Å². The zero-order valence-electron chi connectivity index (χ0n) is 6.98. The van der Waals surface area contributed by atoms with E-state index >= 15 is 0 Å². The minimum Gasteiger partial charge on any atom is -0.287 e. The molecule has 1 aromatic carbocycles. The van der Waals surface area contributed by atoms with Crippen molar-refractivity contribution in [3.05, 3.63) is 45.9 Å². The number of halogens is 1. The molecular weight excluding hydrogens is 220 g/mol. The molecule has 3 nitrogen and oxygen atoms in total. The molecule has 14 heavy (non-hydrogen) atoms. The second-order valence-electron chi connectivity index (χ2n) is 2.63. The zero-order chi connectivity index (χ0) is 9.97. The molecule has 0 aliphatic rings. The van der Waals surface area contributed by atoms with Gasteiger partial charge in [0.1, 0.15) is 5.69 Å². The molecule has 5 heteroatoms. The number of rotatable bonds is 2. The summed E-state index contributed by atoms with van der Waals surface area (Å²) < 4.78 is 3.63. The predicted molar refractivity (Wildman–Crippen MR) is 54.8 cm³/mol. The Morgan fingerprint density at radius 2 is 2.29 bits per heavy atom. The highest BCUT2D eigenvalue weighted by Crippen LogP contribution is 2.14. The SMILES string of the molecule is O=C(c1cccc(Cl)c1)c1csnn1. The van der Waals surface area contributed by atoms with Crippen LogP contribution in [-0.2, 0) is 0 Å². The Bertz CT molecular complexity index is 456. The molecule has 70 valence electrons. The molecule has 2 rings (SSSR count). The van der Waals surface area contributed by atoms with E-state index in [-0.39, 0.29) is 5.78 Å². The lowest BCUT2D eigenvalue weighted by Gasteiger charge is -1.96. The molecule has 0 fully saturated rings. The van der Waals surface area contributed by atoms with Gasteiger partial charge in [-0.25, -0.2) is 0 Å². The summed E-state index contributed by atoms with van der Waals surface area (Å²) in [5.41, 5.74) is 0.891. The third-order valence-corrected chi connectivity index (χ3v) is 2.42. The molecule has 0 atom stereocenters. The van der Waals surface area contributed by atoms with Crippen LogP contribution in [0.25, 0.3) is 0 Å². The van der Waals surface area contributed by atoms with E-state index < -0.39 is 0 Å². The molecule has 0 amide bonds. The normalized spacial score (nSPS) is 10.1. The largest absolute Gasteiger partial charge is 0.287 e. The van der Waals surface area contributed by atoms with Crippen molar-refractivity contribution in [1.29, 1.82) is 0 Å². The van der Waals surface area contributed by atoms with Crippen LogP contribution < -0.4 is 0 Å². The third-order valence-electron chi connectivity index (χ3n) is 1.68. The maximum Gasteiger partial charge on any atom is 0.214 e. The smallest absolute Gasteiger partial charge is 0.214 e. The topological polar surface area (TPSA) is 42.9 Å². The van der Waals surface area contributed by atoms with Crippen LogP contribution in [0.15, 0.2) is 29.6 Å². The van der Waals surface area contributed by atoms with Crippen molar-refractivity contribution in [2.45, 2.75) is 0 Å². The van der Waals surface area contributed by atoms with Gasteiger partial charge in [0.25, 0.3) is 0 Å². The van der Waals surface area contributed by atoms with Crippen LogP contribution in [0.4, 0.5) is 0 Å². The van der Waals surface area contributed by atoms with Crippen LogP contribution >= 0.6 is 23.1 Å². The van der Waals surface area contributed by atoms with E-state index in [2.05, 4.69) is 9.59 Å². The van der Waals surface area contributed by atoms with Crippen molar-refractivity contribution in [1.82, 2.24) is 9.59 Å². The number of carbonyl (C=O) groups excluding carboxylic acids is 1. The molecule has 0 N–H and O–H groups in total. The van der Waals surface area contributed by atoms with Crippen LogP contribution in [0, 0.1) is 0 Å². The van der Waals surface area contributed by atoms with Crippen LogP contribution in [0.3, 0.4) is 0 Å². The Morgan fingerprint density at radius 1 is 1.43 bits per heavy atom. The summed E-state index contributed by atoms with van der Waals surface area (Å²) in [6.45, 7) is 0. The Hall–Kier alpha value is -1.26. The molecule has 0 radical (unpaired) electrons. The van der Waals surface area contributed by atoms with Crippen molar-refractivity contribution in [3.63, 3.8) is 0 Å². The van der Waals surface area contributed by atoms with Gasteiger partial charge in [0.05, 0.1) is 0 Å². The molecule has 0 unspecified atom stereocenters. The molecular formula is C9H5ClN2OS. The van der Waals surface area contributed by atoms with Gasteiger partial charge in [0, 0.05) is 16.0 Å². The Balaban J connectivity index is 2.37. The summed E-state index contributed by atoms with van der Waals surface area (Å²) >= 11 is 6.92. The minimum atomic E-state index is -0.152. The van der Waals surface area contributed by atoms with Crippen LogP contribution in [0.1, 0.15) is 16.1 Å². The highest BCUT2D eigenvalue weighted by Gasteiger charge is 2.11. The summed E-state index contributed by atoms with van der Waals surface area (Å²) in [4.78, 5) is 11.7. The van der Waals surface area contributed by atoms with Gasteiger partial charge >= 0.3 is 0 Å². The van der Waals surface area contributed by atoms with Gasteiger partial charge in [-0.3, -0.25) is 4.79 Å². The third kappa shape index (κ3) is 1.81. The van der Waals surface area contributed by atoms with E-state index in [1.807, 2.05) is 0 Å². The number of hydrogen-bond donors (Lipinski definition) is 0. The van der Waals surface area contributed by atoms with Gasteiger partial charge in [-0.2, -0.15) is 0 Å². The average Bonchev–Trinajstić information content (AvgIpc) is 2.69. The second-order valence-corrected chi connectivity index (χ2v) is 3.68. The fraction of sp³-hybridized carbons (Fsp3) is 0. The molecule has 0 saturated carbocycles. The molecule has 0 saturated heterocycles. The number of hydrogen-bond acceptors (Lipinski definition) is 4.